The third kappa shape index (κ3) is 5.34. The highest BCUT2D eigenvalue weighted by Gasteiger charge is 2.35. The number of benzene rings is 3. The maximum atomic E-state index is 13.6. The third-order valence-electron chi connectivity index (χ3n) is 5.99. The summed E-state index contributed by atoms with van der Waals surface area (Å²) < 4.78 is 32.6. The Morgan fingerprint density at radius 2 is 1.50 bits per heavy atom. The van der Waals surface area contributed by atoms with Crippen molar-refractivity contribution >= 4 is 18.2 Å². The molecule has 32 heavy (non-hydrogen) atoms. The van der Waals surface area contributed by atoms with Crippen molar-refractivity contribution in [2.75, 3.05) is 20.2 Å². The molecular weight excluding hydrogens is 432 g/mol. The number of halogens is 3. The highest BCUT2D eigenvalue weighted by atomic mass is 35.5. The van der Waals surface area contributed by atoms with Gasteiger partial charge < -0.3 is 4.74 Å². The lowest BCUT2D eigenvalue weighted by Gasteiger charge is -2.36. The van der Waals surface area contributed by atoms with Crippen LogP contribution in [0.1, 0.15) is 29.0 Å². The van der Waals surface area contributed by atoms with E-state index >= 15 is 0 Å². The molecule has 0 spiro atoms. The molecule has 1 aliphatic rings. The lowest BCUT2D eigenvalue weighted by molar-refractivity contribution is -0.126. The van der Waals surface area contributed by atoms with Gasteiger partial charge in [0.15, 0.2) is 0 Å². The number of Topliss-reactive ketones (excluding diaryl/α,β-unsaturated/α-hetero) is 1. The maximum absolute atomic E-state index is 13.6. The minimum absolute atomic E-state index is 0. The molecule has 0 aliphatic carbocycles. The fraction of sp³-hybridized carbons (Fsp3) is 0.269. The van der Waals surface area contributed by atoms with E-state index < -0.39 is 0 Å². The molecule has 1 heterocycles. The number of rotatable bonds is 6. The quantitative estimate of drug-likeness (QED) is 0.481. The summed E-state index contributed by atoms with van der Waals surface area (Å²) in [5.74, 6) is -0.225. The van der Waals surface area contributed by atoms with Crippen molar-refractivity contribution in [3.63, 3.8) is 0 Å². The summed E-state index contributed by atoms with van der Waals surface area (Å²) in [6, 6.07) is 20.4. The summed E-state index contributed by atoms with van der Waals surface area (Å²) in [5.41, 5.74) is 2.77. The molecule has 6 heteroatoms. The largest absolute Gasteiger partial charge is 0.496 e. The van der Waals surface area contributed by atoms with Crippen molar-refractivity contribution < 1.29 is 18.3 Å². The first kappa shape index (κ1) is 23.9. The van der Waals surface area contributed by atoms with E-state index in [0.29, 0.717) is 26.1 Å². The molecule has 0 saturated carbocycles. The van der Waals surface area contributed by atoms with E-state index in [-0.39, 0.29) is 41.7 Å². The minimum Gasteiger partial charge on any atom is -0.496 e. The number of likely N-dealkylation sites (tertiary alicyclic amines) is 1. The topological polar surface area (TPSA) is 29.5 Å². The molecule has 1 saturated heterocycles. The van der Waals surface area contributed by atoms with Crippen molar-refractivity contribution in [2.24, 2.45) is 5.92 Å². The Morgan fingerprint density at radius 3 is 2.06 bits per heavy atom. The first-order chi connectivity index (χ1) is 15.0. The number of nitrogens with zero attached hydrogens (tertiary/aromatic N) is 1. The summed E-state index contributed by atoms with van der Waals surface area (Å²) >= 11 is 0. The summed E-state index contributed by atoms with van der Waals surface area (Å²) in [4.78, 5) is 15.3. The van der Waals surface area contributed by atoms with Crippen molar-refractivity contribution in [1.29, 1.82) is 0 Å². The molecule has 3 nitrogen and oxygen atoms in total. The van der Waals surface area contributed by atoms with Crippen LogP contribution in [0.5, 0.6) is 5.75 Å². The molecule has 0 bridgehead atoms. The Morgan fingerprint density at radius 1 is 0.938 bits per heavy atom. The van der Waals surface area contributed by atoms with Gasteiger partial charge in [-0.15, -0.1) is 12.4 Å². The molecule has 1 fully saturated rings. The van der Waals surface area contributed by atoms with Crippen molar-refractivity contribution in [3.8, 4) is 5.75 Å². The molecule has 0 N–H and O–H groups in total. The van der Waals surface area contributed by atoms with Crippen LogP contribution in [0.15, 0.2) is 72.8 Å². The zero-order chi connectivity index (χ0) is 21.8. The Balaban J connectivity index is 0.00000289. The van der Waals surface area contributed by atoms with Gasteiger partial charge in [-0.2, -0.15) is 0 Å². The van der Waals surface area contributed by atoms with Crippen LogP contribution >= 0.6 is 12.4 Å². The Hall–Kier alpha value is -2.76. The van der Waals surface area contributed by atoms with Crippen LogP contribution < -0.4 is 4.74 Å². The zero-order valence-electron chi connectivity index (χ0n) is 17.8. The van der Waals surface area contributed by atoms with Gasteiger partial charge in [-0.25, -0.2) is 8.78 Å². The minimum atomic E-state index is -0.325. The second-order valence-corrected chi connectivity index (χ2v) is 7.95. The number of hydrogen-bond acceptors (Lipinski definition) is 3. The van der Waals surface area contributed by atoms with Crippen LogP contribution in [0.3, 0.4) is 0 Å². The summed E-state index contributed by atoms with van der Waals surface area (Å²) in [6.07, 6.45) is 0.443. The van der Waals surface area contributed by atoms with E-state index in [1.807, 2.05) is 24.3 Å². The Bertz CT molecular complexity index is 995. The van der Waals surface area contributed by atoms with Gasteiger partial charge in [0.25, 0.3) is 0 Å². The zero-order valence-corrected chi connectivity index (χ0v) is 18.7. The average molecular weight is 458 g/mol. The number of carbonyl (C=O) groups excluding carboxylic acids is 1. The predicted octanol–water partition coefficient (Wildman–Crippen LogP) is 5.62. The number of piperidine rings is 1. The first-order valence-corrected chi connectivity index (χ1v) is 10.4. The van der Waals surface area contributed by atoms with Crippen LogP contribution in [-0.4, -0.2) is 30.9 Å². The van der Waals surface area contributed by atoms with Gasteiger partial charge in [0.2, 0.25) is 0 Å². The fourth-order valence-electron chi connectivity index (χ4n) is 4.43. The van der Waals surface area contributed by atoms with E-state index in [4.69, 9.17) is 4.74 Å². The summed E-state index contributed by atoms with van der Waals surface area (Å²) in [7, 11) is 1.65. The number of methoxy groups -OCH3 is 1. The predicted molar refractivity (Wildman–Crippen MR) is 123 cm³/mol. The smallest absolute Gasteiger partial charge is 0.139 e. The van der Waals surface area contributed by atoms with Gasteiger partial charge in [-0.05, 0) is 41.5 Å². The standard InChI is InChI=1S/C26H25F2NO2.ClH/c1-31-25-5-3-2-4-20(25)16-29-15-14-24(30)23(17-29)26(18-6-10-21(27)11-7-18)19-8-12-22(28)13-9-19;/h2-13,23,26H,14-17H2,1H3;1H. The molecular formula is C26H26ClF2NO2. The second-order valence-electron chi connectivity index (χ2n) is 7.95. The highest BCUT2D eigenvalue weighted by Crippen LogP contribution is 2.36. The normalized spacial score (nSPS) is 16.6. The van der Waals surface area contributed by atoms with Crippen molar-refractivity contribution in [2.45, 2.75) is 18.9 Å². The molecule has 1 unspecified atom stereocenters. The molecule has 0 amide bonds. The summed E-state index contributed by atoms with van der Waals surface area (Å²) in [6.45, 7) is 1.91. The van der Waals surface area contributed by atoms with Crippen molar-refractivity contribution in [1.82, 2.24) is 4.90 Å². The van der Waals surface area contributed by atoms with E-state index in [0.717, 1.165) is 22.4 Å². The van der Waals surface area contributed by atoms with E-state index in [2.05, 4.69) is 4.90 Å². The monoisotopic (exact) mass is 457 g/mol. The molecule has 3 aromatic rings. The van der Waals surface area contributed by atoms with Gasteiger partial charge in [0.1, 0.15) is 23.2 Å². The SMILES string of the molecule is COc1ccccc1CN1CCC(=O)C(C(c2ccc(F)cc2)c2ccc(F)cc2)C1.Cl. The Kier molecular flexibility index (Phi) is 7.99. The highest BCUT2D eigenvalue weighted by molar-refractivity contribution is 5.85. The molecule has 3 aromatic carbocycles. The van der Waals surface area contributed by atoms with Gasteiger partial charge >= 0.3 is 0 Å². The number of ether oxygens (including phenoxy) is 1. The fourth-order valence-corrected chi connectivity index (χ4v) is 4.43. The van der Waals surface area contributed by atoms with Crippen LogP contribution in [-0.2, 0) is 11.3 Å². The molecule has 4 rings (SSSR count). The number of hydrogen-bond donors (Lipinski definition) is 0. The molecule has 0 aromatic heterocycles. The number of ketones is 1. The maximum Gasteiger partial charge on any atom is 0.139 e. The van der Waals surface area contributed by atoms with E-state index in [9.17, 15) is 13.6 Å². The molecule has 0 radical (unpaired) electrons. The van der Waals surface area contributed by atoms with Gasteiger partial charge in [-0.3, -0.25) is 9.69 Å². The number of carbonyl (C=O) groups is 1. The van der Waals surface area contributed by atoms with Gasteiger partial charge in [0.05, 0.1) is 7.11 Å². The van der Waals surface area contributed by atoms with Gasteiger partial charge in [0, 0.05) is 43.5 Å². The number of para-hydroxylation sites is 1. The van der Waals surface area contributed by atoms with Gasteiger partial charge in [-0.1, -0.05) is 42.5 Å². The lowest BCUT2D eigenvalue weighted by atomic mass is 9.76. The van der Waals surface area contributed by atoms with Crippen LogP contribution in [0.2, 0.25) is 0 Å². The molecule has 168 valence electrons. The summed E-state index contributed by atoms with van der Waals surface area (Å²) in [5, 5.41) is 0. The Labute approximate surface area is 193 Å². The van der Waals surface area contributed by atoms with Crippen molar-refractivity contribution in [3.05, 3.63) is 101 Å². The van der Waals surface area contributed by atoms with Crippen LogP contribution in [0.25, 0.3) is 0 Å². The van der Waals surface area contributed by atoms with E-state index in [1.54, 1.807) is 31.4 Å². The molecule has 1 aliphatic heterocycles. The molecule has 1 atom stereocenters. The van der Waals surface area contributed by atoms with Crippen LogP contribution in [0.4, 0.5) is 8.78 Å². The second kappa shape index (κ2) is 10.7. The van der Waals surface area contributed by atoms with Crippen LogP contribution in [0, 0.1) is 17.6 Å². The average Bonchev–Trinajstić information content (AvgIpc) is 2.79. The third-order valence-corrected chi connectivity index (χ3v) is 5.99. The lowest BCUT2D eigenvalue weighted by Crippen LogP contribution is -2.43. The van der Waals surface area contributed by atoms with E-state index in [1.165, 1.54) is 24.3 Å². The first-order valence-electron chi connectivity index (χ1n) is 10.4.